The van der Waals surface area contributed by atoms with Crippen LogP contribution in [0.5, 0.6) is 0 Å². The highest BCUT2D eigenvalue weighted by Gasteiger charge is 2.15. The normalized spacial score (nSPS) is 11.5. The molecule has 14 heteroatoms. The lowest BCUT2D eigenvalue weighted by Crippen LogP contribution is -2.47. The summed E-state index contributed by atoms with van der Waals surface area (Å²) in [6, 6.07) is -1.23. The first-order chi connectivity index (χ1) is 26.7. The van der Waals surface area contributed by atoms with E-state index in [2.05, 4.69) is 74.6 Å². The maximum Gasteiger partial charge on any atom is 0.303 e. The Hall–Kier alpha value is -3.10. The van der Waals surface area contributed by atoms with Gasteiger partial charge in [-0.2, -0.15) is 0 Å². The van der Waals surface area contributed by atoms with Crippen molar-refractivity contribution in [3.8, 4) is 0 Å². The van der Waals surface area contributed by atoms with Gasteiger partial charge in [-0.1, -0.05) is 91.7 Å². The number of carboxylic acid groups (broad SMARTS) is 1. The molecule has 14 nitrogen and oxygen atoms in total. The third kappa shape index (κ3) is 60.2. The number of nitrogens with one attached hydrogen (secondary N) is 4. The fourth-order valence-corrected chi connectivity index (χ4v) is 4.08. The first kappa shape index (κ1) is 64.8. The van der Waals surface area contributed by atoms with Gasteiger partial charge in [0, 0.05) is 46.2 Å². The van der Waals surface area contributed by atoms with E-state index in [4.69, 9.17) is 26.8 Å². The number of carboxylic acids is 1. The molecule has 0 fully saturated rings. The monoisotopic (exact) mass is 805 g/mol. The molecule has 56 heavy (non-hydrogen) atoms. The van der Waals surface area contributed by atoms with E-state index in [0.29, 0.717) is 19.5 Å². The second-order valence-electron chi connectivity index (χ2n) is 13.2. The van der Waals surface area contributed by atoms with Crippen LogP contribution >= 0.6 is 0 Å². The highest BCUT2D eigenvalue weighted by molar-refractivity contribution is 5.87. The summed E-state index contributed by atoms with van der Waals surface area (Å²) in [7, 11) is 2.00. The Labute approximate surface area is 341 Å². The van der Waals surface area contributed by atoms with E-state index in [1.165, 1.54) is 37.7 Å². The van der Waals surface area contributed by atoms with Crippen LogP contribution < -0.4 is 32.7 Å². The summed E-state index contributed by atoms with van der Waals surface area (Å²) >= 11 is 0. The van der Waals surface area contributed by atoms with Crippen LogP contribution in [0.2, 0.25) is 0 Å². The number of rotatable bonds is 26. The minimum absolute atomic E-state index is 0.0446. The number of amides is 3. The molecule has 0 rings (SSSR count). The number of hydrogen-bond acceptors (Lipinski definition) is 10. The highest BCUT2D eigenvalue weighted by atomic mass is 16.4. The maximum atomic E-state index is 12.1. The summed E-state index contributed by atoms with van der Waals surface area (Å²) in [5, 5.41) is 42.9. The highest BCUT2D eigenvalue weighted by Crippen LogP contribution is 2.07. The van der Waals surface area contributed by atoms with Crippen LogP contribution in [-0.2, 0) is 19.2 Å². The summed E-state index contributed by atoms with van der Waals surface area (Å²) in [5.74, 6) is -1.33. The minimum atomic E-state index is -0.974. The number of aliphatic hydroxyl groups is 3. The molecule has 12 N–H and O–H groups in total. The van der Waals surface area contributed by atoms with E-state index < -0.39 is 29.9 Å². The lowest BCUT2D eigenvalue weighted by atomic mass is 10.1. The molecule has 0 aromatic rings. The van der Waals surface area contributed by atoms with E-state index in [-0.39, 0.29) is 57.3 Å². The zero-order valence-electron chi connectivity index (χ0n) is 37.3. The van der Waals surface area contributed by atoms with E-state index >= 15 is 0 Å². The van der Waals surface area contributed by atoms with Crippen molar-refractivity contribution in [2.24, 2.45) is 17.4 Å². The Balaban J connectivity index is -0.000000272. The Morgan fingerprint density at radius 3 is 1.88 bits per heavy atom. The van der Waals surface area contributed by atoms with Crippen LogP contribution in [0.4, 0.5) is 0 Å². The molecule has 0 aliphatic heterocycles. The zero-order valence-corrected chi connectivity index (χ0v) is 37.3. The van der Waals surface area contributed by atoms with Crippen LogP contribution in [-0.4, -0.2) is 109 Å². The molecule has 0 saturated heterocycles. The van der Waals surface area contributed by atoms with Crippen LogP contribution in [0, 0.1) is 5.92 Å². The average molecular weight is 805 g/mol. The number of aliphatic carboxylic acids is 1. The predicted molar refractivity (Wildman–Crippen MR) is 233 cm³/mol. The largest absolute Gasteiger partial charge is 0.481 e. The number of hydrogen-bond donors (Lipinski definition) is 10. The lowest BCUT2D eigenvalue weighted by Gasteiger charge is -2.17. The molecule has 0 aliphatic rings. The van der Waals surface area contributed by atoms with Crippen molar-refractivity contribution in [2.45, 2.75) is 164 Å². The standard InChI is InChI=1S/C25H50N6O6.C9H14.C4H10.C2H6.2CH4O/c1-2-3-4-5-6-7-9-19(26)16-28-14-13-21(27)25(37)30-17-23(34)29-15-12-20(18-32)31-22(33)10-8-11-24(35)36;1-4-6-7-8-9(3)5-2;1-4(2)3;3*1-2/h19-21,28,32H,2-18,26-27H2,1H3,(H,29,34)(H,30,37)(H,31,33)(H,35,36);4-5,7H,8H2,1-3H3;4H,1-3H3;1-2H3;2*2H,1H3/b;9-5-;;;;/t19-,20+,21?;;;;;/m0...../s1. The Morgan fingerprint density at radius 2 is 1.36 bits per heavy atom. The van der Waals surface area contributed by atoms with Gasteiger partial charge in [-0.25, -0.2) is 0 Å². The molecular weight excluding hydrogens is 716 g/mol. The van der Waals surface area contributed by atoms with Crippen molar-refractivity contribution in [1.29, 1.82) is 0 Å². The molecule has 0 bridgehead atoms. The van der Waals surface area contributed by atoms with Crippen molar-refractivity contribution in [1.82, 2.24) is 21.3 Å². The van der Waals surface area contributed by atoms with E-state index in [1.807, 2.05) is 32.9 Å². The first-order valence-electron chi connectivity index (χ1n) is 20.5. The molecule has 0 spiro atoms. The molecule has 0 aromatic carbocycles. The fraction of sp³-hybridized carbons (Fsp3) is 0.786. The first-order valence-corrected chi connectivity index (χ1v) is 20.5. The molecule has 0 saturated carbocycles. The zero-order chi connectivity index (χ0) is 44.6. The number of unbranched alkanes of at least 4 members (excludes halogenated alkanes) is 5. The number of nitrogens with two attached hydrogens (primary N) is 2. The molecule has 3 atom stereocenters. The SMILES string of the molecule is CC.CC(C)C.CC=C=CC/C(C)=C\C.CCCCCCCC[C@H](N)CNCCC(N)C(=O)NCC(=O)NCC[C@H](CO)NC(=O)CCCC(=O)O.CO.CO. The van der Waals surface area contributed by atoms with Gasteiger partial charge in [0.05, 0.1) is 25.2 Å². The summed E-state index contributed by atoms with van der Waals surface area (Å²) < 4.78 is 0. The quantitative estimate of drug-likeness (QED) is 0.0326. The fourth-order valence-electron chi connectivity index (χ4n) is 4.08. The van der Waals surface area contributed by atoms with Gasteiger partial charge in [0.15, 0.2) is 0 Å². The van der Waals surface area contributed by atoms with E-state index in [9.17, 15) is 24.3 Å². The average Bonchev–Trinajstić information content (AvgIpc) is 3.18. The molecular formula is C42H88N6O8. The van der Waals surface area contributed by atoms with Gasteiger partial charge >= 0.3 is 5.97 Å². The summed E-state index contributed by atoms with van der Waals surface area (Å²) in [6.45, 7) is 19.7. The number of allylic oxidation sites excluding steroid dienone is 3. The number of carbonyl (C=O) groups excluding carboxylic acids is 3. The van der Waals surface area contributed by atoms with Crippen molar-refractivity contribution in [3.05, 3.63) is 29.5 Å². The number of carbonyl (C=O) groups is 4. The molecule has 0 aromatic heterocycles. The summed E-state index contributed by atoms with van der Waals surface area (Å²) in [5.41, 5.74) is 16.4. The molecule has 0 aliphatic carbocycles. The molecule has 334 valence electrons. The van der Waals surface area contributed by atoms with Gasteiger partial charge in [-0.3, -0.25) is 19.2 Å². The maximum absolute atomic E-state index is 12.1. The smallest absolute Gasteiger partial charge is 0.303 e. The van der Waals surface area contributed by atoms with E-state index in [1.54, 1.807) is 0 Å². The third-order valence-electron chi connectivity index (χ3n) is 7.12. The van der Waals surface area contributed by atoms with Gasteiger partial charge in [-0.15, -0.1) is 5.73 Å². The van der Waals surface area contributed by atoms with Crippen molar-refractivity contribution < 1.29 is 39.6 Å². The molecule has 0 radical (unpaired) electrons. The minimum Gasteiger partial charge on any atom is -0.481 e. The van der Waals surface area contributed by atoms with Gasteiger partial charge in [-0.05, 0) is 77.5 Å². The summed E-state index contributed by atoms with van der Waals surface area (Å²) in [6.07, 6.45) is 16.3. The van der Waals surface area contributed by atoms with Gasteiger partial charge in [0.1, 0.15) is 0 Å². The summed E-state index contributed by atoms with van der Waals surface area (Å²) in [4.78, 5) is 46.3. The van der Waals surface area contributed by atoms with Gasteiger partial charge in [0.25, 0.3) is 0 Å². The molecule has 1 unspecified atom stereocenters. The molecule has 3 amide bonds. The Bertz CT molecular complexity index is 970. The topological polar surface area (TPSA) is 249 Å². The lowest BCUT2D eigenvalue weighted by molar-refractivity contribution is -0.137. The Kier molecular flexibility index (Phi) is 62.5. The third-order valence-corrected chi connectivity index (χ3v) is 7.12. The van der Waals surface area contributed by atoms with Crippen molar-refractivity contribution in [2.75, 3.05) is 47.0 Å². The van der Waals surface area contributed by atoms with Crippen molar-refractivity contribution in [3.63, 3.8) is 0 Å². The number of aliphatic hydroxyl groups excluding tert-OH is 3. The predicted octanol–water partition coefficient (Wildman–Crippen LogP) is 4.71. The second kappa shape index (κ2) is 54.0. The second-order valence-corrected chi connectivity index (χ2v) is 13.2. The van der Waals surface area contributed by atoms with Gasteiger partial charge in [0.2, 0.25) is 17.7 Å². The van der Waals surface area contributed by atoms with E-state index in [0.717, 1.165) is 39.4 Å². The van der Waals surface area contributed by atoms with Crippen LogP contribution in [0.1, 0.15) is 146 Å². The van der Waals surface area contributed by atoms with Crippen LogP contribution in [0.3, 0.4) is 0 Å². The van der Waals surface area contributed by atoms with Gasteiger partial charge < -0.3 is 53.2 Å². The van der Waals surface area contributed by atoms with Crippen molar-refractivity contribution >= 4 is 23.7 Å². The Morgan fingerprint density at radius 1 is 0.786 bits per heavy atom. The molecule has 0 heterocycles. The van der Waals surface area contributed by atoms with Crippen LogP contribution in [0.15, 0.2) is 29.5 Å². The van der Waals surface area contributed by atoms with Crippen LogP contribution in [0.25, 0.3) is 0 Å².